The maximum Gasteiger partial charge on any atom is 0.192 e. The van der Waals surface area contributed by atoms with Gasteiger partial charge in [-0.05, 0) is 25.0 Å². The van der Waals surface area contributed by atoms with Crippen molar-refractivity contribution in [1.29, 1.82) is 0 Å². The molecule has 2 heterocycles. The first kappa shape index (κ1) is 15.2. The van der Waals surface area contributed by atoms with E-state index in [2.05, 4.69) is 21.8 Å². The fourth-order valence-electron chi connectivity index (χ4n) is 2.73. The summed E-state index contributed by atoms with van der Waals surface area (Å²) in [6.45, 7) is 4.47. The van der Waals surface area contributed by atoms with Crippen LogP contribution in [0.5, 0.6) is 0 Å². The minimum Gasteiger partial charge on any atom is -0.392 e. The van der Waals surface area contributed by atoms with Crippen LogP contribution in [0.2, 0.25) is 0 Å². The molecule has 2 aromatic rings. The Morgan fingerprint density at radius 1 is 1.27 bits per heavy atom. The molecule has 0 spiro atoms. The summed E-state index contributed by atoms with van der Waals surface area (Å²) in [5.74, 6) is 0.815. The number of hydrogen-bond donors (Lipinski definition) is 1. The van der Waals surface area contributed by atoms with Crippen LogP contribution < -0.4 is 0 Å². The summed E-state index contributed by atoms with van der Waals surface area (Å²) in [6.07, 6.45) is 9.27. The summed E-state index contributed by atoms with van der Waals surface area (Å²) in [6, 6.07) is 3.85. The average Bonchev–Trinajstić information content (AvgIpc) is 2.94. The Bertz CT molecular complexity index is 628. The zero-order chi connectivity index (χ0) is 15.4. The summed E-state index contributed by atoms with van der Waals surface area (Å²) in [5.41, 5.74) is 0.986. The molecular weight excluding hydrogens is 296 g/mol. The third-order valence-corrected chi connectivity index (χ3v) is 5.26. The molecule has 0 saturated heterocycles. The molecule has 0 amide bonds. The van der Waals surface area contributed by atoms with E-state index in [1.54, 1.807) is 24.2 Å². The number of thioether (sulfide) groups is 1. The molecule has 1 aliphatic rings. The lowest BCUT2D eigenvalue weighted by Gasteiger charge is -2.26. The maximum absolute atomic E-state index is 10.2. The lowest BCUT2D eigenvalue weighted by atomic mass is 9.97. The van der Waals surface area contributed by atoms with Crippen LogP contribution in [0, 0.1) is 0 Å². The van der Waals surface area contributed by atoms with Crippen LogP contribution in [-0.4, -0.2) is 36.2 Å². The highest BCUT2D eigenvalue weighted by Gasteiger charge is 2.26. The minimum absolute atomic E-state index is 0.201. The van der Waals surface area contributed by atoms with Crippen molar-refractivity contribution in [3.05, 3.63) is 37.2 Å². The normalized spacial score (nSPS) is 21.7. The van der Waals surface area contributed by atoms with Gasteiger partial charge in [0.2, 0.25) is 0 Å². The molecule has 0 aliphatic heterocycles. The number of aliphatic hydroxyl groups is 1. The summed E-state index contributed by atoms with van der Waals surface area (Å²) in [5, 5.41) is 19.9. The monoisotopic (exact) mass is 316 g/mol. The molecule has 0 bridgehead atoms. The quantitative estimate of drug-likeness (QED) is 0.859. The van der Waals surface area contributed by atoms with Gasteiger partial charge in [-0.15, -0.1) is 16.8 Å². The van der Waals surface area contributed by atoms with Gasteiger partial charge >= 0.3 is 0 Å². The van der Waals surface area contributed by atoms with Crippen LogP contribution in [0.25, 0.3) is 11.4 Å². The highest BCUT2D eigenvalue weighted by molar-refractivity contribution is 7.99. The highest BCUT2D eigenvalue weighted by atomic mass is 32.2. The fourth-order valence-corrected chi connectivity index (χ4v) is 3.96. The third kappa shape index (κ3) is 3.23. The molecule has 0 radical (unpaired) electrons. The Balaban J connectivity index is 1.88. The standard InChI is InChI=1S/C16H20N4OS/c1-2-11-20-15(12-7-9-17-10-8-12)18-19-16(20)22-14-6-4-3-5-13(14)21/h2,7-10,13-14,21H,1,3-6,11H2. The highest BCUT2D eigenvalue weighted by Crippen LogP contribution is 2.34. The Labute approximate surface area is 134 Å². The van der Waals surface area contributed by atoms with Crippen molar-refractivity contribution < 1.29 is 5.11 Å². The average molecular weight is 316 g/mol. The van der Waals surface area contributed by atoms with Crippen LogP contribution in [0.15, 0.2) is 42.3 Å². The first-order valence-electron chi connectivity index (χ1n) is 7.59. The van der Waals surface area contributed by atoms with Gasteiger partial charge in [0.05, 0.1) is 6.10 Å². The molecular formula is C16H20N4OS. The first-order chi connectivity index (χ1) is 10.8. The van der Waals surface area contributed by atoms with Crippen LogP contribution in [0.3, 0.4) is 0 Å². The molecule has 2 unspecified atom stereocenters. The van der Waals surface area contributed by atoms with E-state index in [0.717, 1.165) is 35.8 Å². The van der Waals surface area contributed by atoms with Gasteiger partial charge in [0.15, 0.2) is 11.0 Å². The molecule has 1 aliphatic carbocycles. The molecule has 116 valence electrons. The maximum atomic E-state index is 10.2. The molecule has 1 N–H and O–H groups in total. The van der Waals surface area contributed by atoms with Gasteiger partial charge in [-0.1, -0.05) is 30.7 Å². The molecule has 1 fully saturated rings. The van der Waals surface area contributed by atoms with Crippen molar-refractivity contribution in [3.63, 3.8) is 0 Å². The zero-order valence-electron chi connectivity index (χ0n) is 12.4. The fraction of sp³-hybridized carbons (Fsp3) is 0.438. The topological polar surface area (TPSA) is 63.8 Å². The van der Waals surface area contributed by atoms with E-state index in [1.807, 2.05) is 22.8 Å². The Morgan fingerprint density at radius 3 is 2.77 bits per heavy atom. The second-order valence-electron chi connectivity index (χ2n) is 5.45. The summed E-state index contributed by atoms with van der Waals surface area (Å²) >= 11 is 1.63. The van der Waals surface area contributed by atoms with Crippen LogP contribution >= 0.6 is 11.8 Å². The lowest BCUT2D eigenvalue weighted by Crippen LogP contribution is -2.27. The van der Waals surface area contributed by atoms with E-state index in [1.165, 1.54) is 6.42 Å². The van der Waals surface area contributed by atoms with Crippen molar-refractivity contribution in [2.24, 2.45) is 0 Å². The van der Waals surface area contributed by atoms with Crippen molar-refractivity contribution in [1.82, 2.24) is 19.7 Å². The van der Waals surface area contributed by atoms with Gasteiger partial charge in [0.25, 0.3) is 0 Å². The van der Waals surface area contributed by atoms with E-state index in [0.29, 0.717) is 6.54 Å². The van der Waals surface area contributed by atoms with E-state index >= 15 is 0 Å². The van der Waals surface area contributed by atoms with E-state index < -0.39 is 0 Å². The van der Waals surface area contributed by atoms with Crippen LogP contribution in [0.1, 0.15) is 25.7 Å². The van der Waals surface area contributed by atoms with Gasteiger partial charge in [0, 0.05) is 29.8 Å². The molecule has 2 atom stereocenters. The van der Waals surface area contributed by atoms with Crippen molar-refractivity contribution in [2.75, 3.05) is 0 Å². The second kappa shape index (κ2) is 7.07. The number of pyridine rings is 1. The van der Waals surface area contributed by atoms with Gasteiger partial charge in [-0.2, -0.15) is 0 Å². The lowest BCUT2D eigenvalue weighted by molar-refractivity contribution is 0.137. The number of aromatic nitrogens is 4. The molecule has 0 aromatic carbocycles. The van der Waals surface area contributed by atoms with Crippen molar-refractivity contribution in [2.45, 2.75) is 48.7 Å². The second-order valence-corrected chi connectivity index (χ2v) is 6.66. The predicted octanol–water partition coefficient (Wildman–Crippen LogP) is 2.92. The largest absolute Gasteiger partial charge is 0.392 e. The van der Waals surface area contributed by atoms with Crippen molar-refractivity contribution in [3.8, 4) is 11.4 Å². The molecule has 2 aromatic heterocycles. The predicted molar refractivity (Wildman–Crippen MR) is 87.6 cm³/mol. The molecule has 6 heteroatoms. The van der Waals surface area contributed by atoms with Gasteiger partial charge in [-0.3, -0.25) is 9.55 Å². The van der Waals surface area contributed by atoms with E-state index in [9.17, 15) is 5.11 Å². The zero-order valence-corrected chi connectivity index (χ0v) is 13.2. The van der Waals surface area contributed by atoms with Gasteiger partial charge in [-0.25, -0.2) is 0 Å². The minimum atomic E-state index is -0.253. The third-order valence-electron chi connectivity index (χ3n) is 3.89. The Hall–Kier alpha value is -1.66. The SMILES string of the molecule is C=CCn1c(SC2CCCCC2O)nnc1-c1ccncc1. The number of nitrogens with zero attached hydrogens (tertiary/aromatic N) is 4. The first-order valence-corrected chi connectivity index (χ1v) is 8.47. The smallest absolute Gasteiger partial charge is 0.192 e. The molecule has 3 rings (SSSR count). The summed E-state index contributed by atoms with van der Waals surface area (Å²) in [4.78, 5) is 4.04. The number of aliphatic hydroxyl groups excluding tert-OH is 1. The van der Waals surface area contributed by atoms with Gasteiger partial charge < -0.3 is 5.11 Å². The summed E-state index contributed by atoms with van der Waals surface area (Å²) < 4.78 is 2.05. The van der Waals surface area contributed by atoms with Gasteiger partial charge in [0.1, 0.15) is 0 Å². The van der Waals surface area contributed by atoms with Crippen LogP contribution in [0.4, 0.5) is 0 Å². The molecule has 5 nitrogen and oxygen atoms in total. The number of hydrogen-bond acceptors (Lipinski definition) is 5. The number of rotatable bonds is 5. The van der Waals surface area contributed by atoms with E-state index in [-0.39, 0.29) is 11.4 Å². The molecule has 22 heavy (non-hydrogen) atoms. The summed E-state index contributed by atoms with van der Waals surface area (Å²) in [7, 11) is 0. The van der Waals surface area contributed by atoms with Crippen molar-refractivity contribution >= 4 is 11.8 Å². The number of allylic oxidation sites excluding steroid dienone is 1. The Morgan fingerprint density at radius 2 is 2.05 bits per heavy atom. The Kier molecular flexibility index (Phi) is 4.90. The molecule has 1 saturated carbocycles. The van der Waals surface area contributed by atoms with E-state index in [4.69, 9.17) is 0 Å². The van der Waals surface area contributed by atoms with Crippen LogP contribution in [-0.2, 0) is 6.54 Å².